The molecule has 23 heavy (non-hydrogen) atoms. The van der Waals surface area contributed by atoms with E-state index >= 15 is 0 Å². The summed E-state index contributed by atoms with van der Waals surface area (Å²) >= 11 is 0. The number of carboxylic acid groups (broad SMARTS) is 1. The van der Waals surface area contributed by atoms with Crippen molar-refractivity contribution in [3.05, 3.63) is 34.4 Å². The van der Waals surface area contributed by atoms with Gasteiger partial charge in [0.2, 0.25) is 15.9 Å². The van der Waals surface area contributed by atoms with Crippen molar-refractivity contribution < 1.29 is 28.0 Å². The molecule has 0 heterocycles. The first-order valence-electron chi connectivity index (χ1n) is 6.28. The molecule has 11 heteroatoms. The van der Waals surface area contributed by atoms with Crippen LogP contribution in [0.15, 0.2) is 29.2 Å². The molecule has 1 atom stereocenters. The van der Waals surface area contributed by atoms with Gasteiger partial charge in [-0.15, -0.1) is 0 Å². The number of hydrogen-bond acceptors (Lipinski definition) is 6. The van der Waals surface area contributed by atoms with Gasteiger partial charge in [-0.1, -0.05) is 6.07 Å². The second-order valence-corrected chi connectivity index (χ2v) is 6.69. The number of non-ortho nitro benzene ring substituents is 1. The van der Waals surface area contributed by atoms with Crippen molar-refractivity contribution in [2.24, 2.45) is 0 Å². The number of nitro groups is 1. The maximum atomic E-state index is 12.3. The average Bonchev–Trinajstić information content (AvgIpc) is 2.46. The third-order valence-corrected chi connectivity index (χ3v) is 4.65. The van der Waals surface area contributed by atoms with Gasteiger partial charge in [-0.25, -0.2) is 8.42 Å². The lowest BCUT2D eigenvalue weighted by Gasteiger charge is -2.17. The predicted molar refractivity (Wildman–Crippen MR) is 78.2 cm³/mol. The van der Waals surface area contributed by atoms with E-state index in [0.29, 0.717) is 4.31 Å². The Morgan fingerprint density at radius 2 is 2.04 bits per heavy atom. The fourth-order valence-corrected chi connectivity index (χ4v) is 2.74. The highest BCUT2D eigenvalue weighted by atomic mass is 32.2. The SMILES string of the molecule is C[C@@H](NC(=O)CN(C)S(=O)(=O)c1cccc([N+](=O)[O-])c1)C(=O)O. The quantitative estimate of drug-likeness (QED) is 0.514. The van der Waals surface area contributed by atoms with Crippen molar-refractivity contribution in [1.29, 1.82) is 0 Å². The summed E-state index contributed by atoms with van der Waals surface area (Å²) in [4.78, 5) is 31.9. The molecule has 1 aromatic rings. The number of nitro benzene ring substituents is 1. The molecule has 0 unspecified atom stereocenters. The number of rotatable bonds is 7. The second kappa shape index (κ2) is 7.15. The summed E-state index contributed by atoms with van der Waals surface area (Å²) in [7, 11) is -3.02. The molecule has 10 nitrogen and oxygen atoms in total. The lowest BCUT2D eigenvalue weighted by atomic mass is 10.3. The molecule has 2 N–H and O–H groups in total. The Balaban J connectivity index is 2.91. The van der Waals surface area contributed by atoms with Gasteiger partial charge in [0.15, 0.2) is 0 Å². The molecule has 0 aromatic heterocycles. The summed E-state index contributed by atoms with van der Waals surface area (Å²) < 4.78 is 25.2. The van der Waals surface area contributed by atoms with Crippen LogP contribution < -0.4 is 5.32 Å². The first-order chi connectivity index (χ1) is 10.6. The Kier molecular flexibility index (Phi) is 5.76. The maximum absolute atomic E-state index is 12.3. The number of carbonyl (C=O) groups excluding carboxylic acids is 1. The van der Waals surface area contributed by atoms with E-state index in [1.807, 2.05) is 0 Å². The molecular weight excluding hydrogens is 330 g/mol. The summed E-state index contributed by atoms with van der Waals surface area (Å²) in [6.45, 7) is 0.609. The summed E-state index contributed by atoms with van der Waals surface area (Å²) in [5.41, 5.74) is -0.400. The molecule has 0 aliphatic rings. The van der Waals surface area contributed by atoms with E-state index in [-0.39, 0.29) is 4.90 Å². The first kappa shape index (κ1) is 18.5. The van der Waals surface area contributed by atoms with E-state index in [9.17, 15) is 28.1 Å². The molecule has 0 aliphatic heterocycles. The number of amides is 1. The fraction of sp³-hybridized carbons (Fsp3) is 0.333. The van der Waals surface area contributed by atoms with Crippen molar-refractivity contribution in [2.75, 3.05) is 13.6 Å². The van der Waals surface area contributed by atoms with Crippen LogP contribution in [0.5, 0.6) is 0 Å². The van der Waals surface area contributed by atoms with Crippen LogP contribution in [-0.2, 0) is 19.6 Å². The minimum atomic E-state index is -4.13. The Morgan fingerprint density at radius 1 is 1.43 bits per heavy atom. The summed E-state index contributed by atoms with van der Waals surface area (Å²) in [5.74, 6) is -2.07. The summed E-state index contributed by atoms with van der Waals surface area (Å²) in [6.07, 6.45) is 0. The molecule has 0 aliphatic carbocycles. The van der Waals surface area contributed by atoms with Gasteiger partial charge in [-0.2, -0.15) is 4.31 Å². The number of aliphatic carboxylic acids is 1. The molecule has 0 saturated heterocycles. The summed E-state index contributed by atoms with van der Waals surface area (Å²) in [5, 5.41) is 21.5. The van der Waals surface area contributed by atoms with E-state index in [0.717, 1.165) is 25.2 Å². The van der Waals surface area contributed by atoms with E-state index in [4.69, 9.17) is 5.11 Å². The second-order valence-electron chi connectivity index (χ2n) is 4.64. The standard InChI is InChI=1S/C12H15N3O7S/c1-8(12(17)18)13-11(16)7-14(2)23(21,22)10-5-3-4-9(6-10)15(19)20/h3-6,8H,7H2,1-2H3,(H,13,16)(H,17,18)/t8-/m1/s1. The van der Waals surface area contributed by atoms with Gasteiger partial charge in [-0.05, 0) is 13.0 Å². The molecule has 0 spiro atoms. The van der Waals surface area contributed by atoms with Crippen molar-refractivity contribution in [1.82, 2.24) is 9.62 Å². The average molecular weight is 345 g/mol. The van der Waals surface area contributed by atoms with Crippen LogP contribution in [0, 0.1) is 10.1 Å². The maximum Gasteiger partial charge on any atom is 0.325 e. The topological polar surface area (TPSA) is 147 Å². The molecule has 1 amide bonds. The molecule has 0 saturated carbocycles. The van der Waals surface area contributed by atoms with Crippen LogP contribution in [0.3, 0.4) is 0 Å². The minimum absolute atomic E-state index is 0.340. The lowest BCUT2D eigenvalue weighted by Crippen LogP contribution is -2.44. The van der Waals surface area contributed by atoms with Crippen molar-refractivity contribution in [3.63, 3.8) is 0 Å². The highest BCUT2D eigenvalue weighted by Gasteiger charge is 2.25. The third-order valence-electron chi connectivity index (χ3n) is 2.85. The molecule has 1 aromatic carbocycles. The lowest BCUT2D eigenvalue weighted by molar-refractivity contribution is -0.385. The number of carbonyl (C=O) groups is 2. The van der Waals surface area contributed by atoms with E-state index in [1.54, 1.807) is 0 Å². The van der Waals surface area contributed by atoms with Crippen molar-refractivity contribution in [2.45, 2.75) is 17.9 Å². The normalized spacial score (nSPS) is 12.7. The van der Waals surface area contributed by atoms with E-state index < -0.39 is 45.1 Å². The van der Waals surface area contributed by atoms with Crippen LogP contribution in [-0.4, -0.2) is 54.3 Å². The van der Waals surface area contributed by atoms with Crippen molar-refractivity contribution in [3.8, 4) is 0 Å². The number of nitrogens with one attached hydrogen (secondary N) is 1. The molecule has 1 rings (SSSR count). The van der Waals surface area contributed by atoms with Gasteiger partial charge >= 0.3 is 5.97 Å². The van der Waals surface area contributed by atoms with Crippen LogP contribution in [0.2, 0.25) is 0 Å². The smallest absolute Gasteiger partial charge is 0.325 e. The van der Waals surface area contributed by atoms with Gasteiger partial charge < -0.3 is 10.4 Å². The van der Waals surface area contributed by atoms with Crippen LogP contribution in [0.25, 0.3) is 0 Å². The molecular formula is C12H15N3O7S. The van der Waals surface area contributed by atoms with E-state index in [2.05, 4.69) is 5.32 Å². The highest BCUT2D eigenvalue weighted by Crippen LogP contribution is 2.19. The highest BCUT2D eigenvalue weighted by molar-refractivity contribution is 7.89. The van der Waals surface area contributed by atoms with E-state index in [1.165, 1.54) is 13.0 Å². The zero-order chi connectivity index (χ0) is 17.8. The van der Waals surface area contributed by atoms with Gasteiger partial charge in [0, 0.05) is 19.2 Å². The van der Waals surface area contributed by atoms with Gasteiger partial charge in [0.05, 0.1) is 16.4 Å². The number of nitrogens with zero attached hydrogens (tertiary/aromatic N) is 2. The molecule has 0 fully saturated rings. The zero-order valence-corrected chi connectivity index (χ0v) is 13.1. The van der Waals surface area contributed by atoms with Crippen LogP contribution >= 0.6 is 0 Å². The molecule has 0 bridgehead atoms. The first-order valence-corrected chi connectivity index (χ1v) is 7.72. The van der Waals surface area contributed by atoms with Gasteiger partial charge in [0.1, 0.15) is 6.04 Å². The molecule has 0 radical (unpaired) electrons. The number of hydrogen-bond donors (Lipinski definition) is 2. The van der Waals surface area contributed by atoms with Gasteiger partial charge in [0.25, 0.3) is 5.69 Å². The van der Waals surface area contributed by atoms with Crippen LogP contribution in [0.4, 0.5) is 5.69 Å². The third kappa shape index (κ3) is 4.72. The predicted octanol–water partition coefficient (Wildman–Crippen LogP) is -0.195. The Morgan fingerprint density at radius 3 is 2.57 bits per heavy atom. The Hall–Kier alpha value is -2.53. The van der Waals surface area contributed by atoms with Gasteiger partial charge in [-0.3, -0.25) is 19.7 Å². The fourth-order valence-electron chi connectivity index (χ4n) is 1.57. The Labute approximate surface area is 131 Å². The molecule has 126 valence electrons. The largest absolute Gasteiger partial charge is 0.480 e. The summed E-state index contributed by atoms with van der Waals surface area (Å²) in [6, 6.07) is 3.22. The van der Waals surface area contributed by atoms with Crippen molar-refractivity contribution >= 4 is 27.6 Å². The monoisotopic (exact) mass is 345 g/mol. The van der Waals surface area contributed by atoms with Crippen LogP contribution in [0.1, 0.15) is 6.92 Å². The number of carboxylic acids is 1. The number of likely N-dealkylation sites (N-methyl/N-ethyl adjacent to an activating group) is 1. The minimum Gasteiger partial charge on any atom is -0.480 e. The number of benzene rings is 1. The number of sulfonamides is 1. The zero-order valence-electron chi connectivity index (χ0n) is 12.3. The Bertz CT molecular complexity index is 732.